The Bertz CT molecular complexity index is 848. The molecular formula is C31H52O3. The number of hydrogen-bond donors (Lipinski definition) is 3. The first-order chi connectivity index (χ1) is 15.7. The minimum absolute atomic E-state index is 0.159. The van der Waals surface area contributed by atoms with Crippen LogP contribution in [0.5, 0.6) is 0 Å². The minimum Gasteiger partial charge on any atom is -0.390 e. The van der Waals surface area contributed by atoms with E-state index in [1.807, 2.05) is 0 Å². The highest BCUT2D eigenvalue weighted by atomic mass is 16.4. The van der Waals surface area contributed by atoms with Crippen molar-refractivity contribution in [3.8, 4) is 0 Å². The third-order valence-corrected chi connectivity index (χ3v) is 13.7. The van der Waals surface area contributed by atoms with Crippen molar-refractivity contribution < 1.29 is 15.3 Å². The summed E-state index contributed by atoms with van der Waals surface area (Å²) < 4.78 is 0. The van der Waals surface area contributed by atoms with Crippen LogP contribution < -0.4 is 0 Å². The molecule has 0 aliphatic heterocycles. The normalized spacial score (nSPS) is 54.0. The predicted molar refractivity (Wildman–Crippen MR) is 138 cm³/mol. The van der Waals surface area contributed by atoms with E-state index in [-0.39, 0.29) is 16.2 Å². The largest absolute Gasteiger partial charge is 0.390 e. The lowest BCUT2D eigenvalue weighted by molar-refractivity contribution is -0.236. The minimum atomic E-state index is -1.02. The molecule has 3 nitrogen and oxygen atoms in total. The molecule has 11 atom stereocenters. The van der Waals surface area contributed by atoms with Gasteiger partial charge in [0.05, 0.1) is 12.2 Å². The van der Waals surface area contributed by atoms with Crippen molar-refractivity contribution in [3.05, 3.63) is 12.2 Å². The van der Waals surface area contributed by atoms with Gasteiger partial charge < -0.3 is 15.3 Å². The molecule has 0 aromatic heterocycles. The Kier molecular flexibility index (Phi) is 5.63. The predicted octanol–water partition coefficient (Wildman–Crippen LogP) is 6.36. The lowest BCUT2D eigenvalue weighted by Gasteiger charge is -2.64. The van der Waals surface area contributed by atoms with Gasteiger partial charge in [0, 0.05) is 5.41 Å². The Morgan fingerprint density at radius 3 is 2.15 bits per heavy atom. The molecule has 5 aliphatic carbocycles. The summed E-state index contributed by atoms with van der Waals surface area (Å²) in [6.45, 7) is 20.9. The quantitative estimate of drug-likeness (QED) is 0.408. The van der Waals surface area contributed by atoms with E-state index < -0.39 is 18.3 Å². The van der Waals surface area contributed by atoms with Crippen LogP contribution in [0.2, 0.25) is 0 Å². The summed E-state index contributed by atoms with van der Waals surface area (Å²) in [5.74, 6) is 2.99. The van der Waals surface area contributed by atoms with Gasteiger partial charge in [-0.15, -0.1) is 0 Å². The number of rotatable bonds is 5. The van der Waals surface area contributed by atoms with E-state index in [1.54, 1.807) is 0 Å². The smallest absolute Gasteiger partial charge is 0.107 e. The zero-order valence-corrected chi connectivity index (χ0v) is 23.0. The molecule has 3 heteroatoms. The molecule has 194 valence electrons. The Hall–Kier alpha value is -0.380. The Morgan fingerprint density at radius 2 is 1.50 bits per heavy atom. The average molecular weight is 473 g/mol. The van der Waals surface area contributed by atoms with Crippen molar-refractivity contribution in [1.82, 2.24) is 0 Å². The molecule has 34 heavy (non-hydrogen) atoms. The van der Waals surface area contributed by atoms with E-state index in [2.05, 4.69) is 55.0 Å². The van der Waals surface area contributed by atoms with Gasteiger partial charge in [0.15, 0.2) is 0 Å². The fourth-order valence-corrected chi connectivity index (χ4v) is 11.3. The van der Waals surface area contributed by atoms with Crippen molar-refractivity contribution in [2.24, 2.45) is 56.7 Å². The first-order valence-corrected chi connectivity index (χ1v) is 14.4. The zero-order valence-electron chi connectivity index (χ0n) is 23.0. The molecule has 5 aliphatic rings. The Morgan fingerprint density at radius 1 is 0.853 bits per heavy atom. The van der Waals surface area contributed by atoms with Crippen LogP contribution in [0.3, 0.4) is 0 Å². The molecule has 3 N–H and O–H groups in total. The van der Waals surface area contributed by atoms with Crippen LogP contribution in [0.15, 0.2) is 12.2 Å². The highest BCUT2D eigenvalue weighted by molar-refractivity contribution is 5.33. The van der Waals surface area contributed by atoms with Crippen LogP contribution in [0.4, 0.5) is 0 Å². The molecule has 11 unspecified atom stereocenters. The molecule has 2 spiro atoms. The summed E-state index contributed by atoms with van der Waals surface area (Å²) in [6, 6.07) is 0. The van der Waals surface area contributed by atoms with Gasteiger partial charge in [0.25, 0.3) is 0 Å². The van der Waals surface area contributed by atoms with Crippen molar-refractivity contribution in [2.45, 2.75) is 125 Å². The first-order valence-electron chi connectivity index (χ1n) is 14.4. The Balaban J connectivity index is 1.43. The second kappa shape index (κ2) is 7.57. The fourth-order valence-electron chi connectivity index (χ4n) is 11.3. The number of aliphatic hydroxyl groups excluding tert-OH is 3. The van der Waals surface area contributed by atoms with E-state index in [4.69, 9.17) is 0 Å². The molecule has 5 saturated carbocycles. The standard InChI is InChI=1S/C31H52O3/c1-18(2)19(3)9-10-20(4)21-13-14-29(8)23-12-11-22-27(5,6)25(33)24(32)26(34)31(22)17-30(23,31)16-15-28(21,29)7/h18,20-26,32-34H,3,9-17H2,1-2,4-8H3. The molecule has 0 aromatic carbocycles. The van der Waals surface area contributed by atoms with Crippen LogP contribution in [-0.4, -0.2) is 33.6 Å². The summed E-state index contributed by atoms with van der Waals surface area (Å²) in [6.07, 6.45) is 8.22. The van der Waals surface area contributed by atoms with Crippen molar-refractivity contribution >= 4 is 0 Å². The lowest BCUT2D eigenvalue weighted by atomic mass is 9.41. The van der Waals surface area contributed by atoms with Gasteiger partial charge in [-0.1, -0.05) is 60.6 Å². The second-order valence-electron chi connectivity index (χ2n) is 15.1. The SMILES string of the molecule is C=C(CCC(C)C1CCC2(C)C3CCC4C(C)(C)C(O)C(O)C(O)C45CC35CCC12C)C(C)C. The number of allylic oxidation sites excluding steroid dienone is 1. The molecule has 0 aromatic rings. The third kappa shape index (κ3) is 2.82. The van der Waals surface area contributed by atoms with E-state index in [0.29, 0.717) is 28.6 Å². The molecule has 5 fully saturated rings. The van der Waals surface area contributed by atoms with Crippen LogP contribution in [0.25, 0.3) is 0 Å². The summed E-state index contributed by atoms with van der Waals surface area (Å²) in [7, 11) is 0. The molecule has 5 rings (SSSR count). The monoisotopic (exact) mass is 472 g/mol. The molecule has 0 amide bonds. The maximum absolute atomic E-state index is 11.5. The maximum Gasteiger partial charge on any atom is 0.107 e. The van der Waals surface area contributed by atoms with Gasteiger partial charge >= 0.3 is 0 Å². The summed E-state index contributed by atoms with van der Waals surface area (Å²) in [5, 5.41) is 33.3. The highest BCUT2D eigenvalue weighted by Crippen LogP contribution is 2.89. The van der Waals surface area contributed by atoms with Crippen LogP contribution in [-0.2, 0) is 0 Å². The molecular weight excluding hydrogens is 420 g/mol. The zero-order chi connectivity index (χ0) is 25.1. The summed E-state index contributed by atoms with van der Waals surface area (Å²) in [4.78, 5) is 0. The molecule has 0 radical (unpaired) electrons. The van der Waals surface area contributed by atoms with E-state index in [9.17, 15) is 15.3 Å². The van der Waals surface area contributed by atoms with Crippen LogP contribution >= 0.6 is 0 Å². The Labute approximate surface area is 208 Å². The third-order valence-electron chi connectivity index (χ3n) is 13.7. The second-order valence-corrected chi connectivity index (χ2v) is 15.1. The first kappa shape index (κ1) is 25.3. The van der Waals surface area contributed by atoms with Crippen LogP contribution in [0.1, 0.15) is 106 Å². The van der Waals surface area contributed by atoms with Gasteiger partial charge in [0.2, 0.25) is 0 Å². The number of fused-ring (bicyclic) bond motifs is 2. The summed E-state index contributed by atoms with van der Waals surface area (Å²) >= 11 is 0. The van der Waals surface area contributed by atoms with Gasteiger partial charge in [-0.3, -0.25) is 0 Å². The number of aliphatic hydroxyl groups is 3. The van der Waals surface area contributed by atoms with Gasteiger partial charge in [-0.05, 0) is 109 Å². The van der Waals surface area contributed by atoms with Crippen molar-refractivity contribution in [1.29, 1.82) is 0 Å². The molecule has 0 heterocycles. The maximum atomic E-state index is 11.5. The van der Waals surface area contributed by atoms with Crippen molar-refractivity contribution in [3.63, 3.8) is 0 Å². The van der Waals surface area contributed by atoms with E-state index in [0.717, 1.165) is 31.1 Å². The van der Waals surface area contributed by atoms with Crippen LogP contribution in [0, 0.1) is 56.7 Å². The average Bonchev–Trinajstić information content (AvgIpc) is 3.39. The molecule has 0 bridgehead atoms. The lowest BCUT2D eigenvalue weighted by Crippen LogP contribution is -2.65. The highest BCUT2D eigenvalue weighted by Gasteiger charge is 2.85. The van der Waals surface area contributed by atoms with E-state index in [1.165, 1.54) is 44.1 Å². The fraction of sp³-hybridized carbons (Fsp3) is 0.935. The van der Waals surface area contributed by atoms with Crippen molar-refractivity contribution in [2.75, 3.05) is 0 Å². The number of hydrogen-bond acceptors (Lipinski definition) is 3. The van der Waals surface area contributed by atoms with Gasteiger partial charge in [-0.25, -0.2) is 0 Å². The van der Waals surface area contributed by atoms with Gasteiger partial charge in [-0.2, -0.15) is 0 Å². The summed E-state index contributed by atoms with van der Waals surface area (Å²) in [5.41, 5.74) is 1.67. The topological polar surface area (TPSA) is 60.7 Å². The van der Waals surface area contributed by atoms with E-state index >= 15 is 0 Å². The van der Waals surface area contributed by atoms with Gasteiger partial charge in [0.1, 0.15) is 6.10 Å². The molecule has 0 saturated heterocycles.